The van der Waals surface area contributed by atoms with Crippen LogP contribution in [0.4, 0.5) is 5.82 Å². The fraction of sp³-hybridized carbons (Fsp3) is 0.667. The molecular weight excluding hydrogens is 228 g/mol. The Labute approximate surface area is 106 Å². The monoisotopic (exact) mass is 246 g/mol. The van der Waals surface area contributed by atoms with E-state index in [0.29, 0.717) is 12.0 Å². The summed E-state index contributed by atoms with van der Waals surface area (Å²) in [5, 5.41) is 11.8. The van der Waals surface area contributed by atoms with Gasteiger partial charge in [-0.05, 0) is 25.7 Å². The third kappa shape index (κ3) is 1.91. The van der Waals surface area contributed by atoms with Crippen LogP contribution in [0.3, 0.4) is 0 Å². The molecule has 0 aromatic carbocycles. The fourth-order valence-corrected chi connectivity index (χ4v) is 1.85. The van der Waals surface area contributed by atoms with Crippen molar-refractivity contribution in [1.29, 1.82) is 0 Å². The van der Waals surface area contributed by atoms with E-state index in [1.807, 2.05) is 4.68 Å². The van der Waals surface area contributed by atoms with Crippen molar-refractivity contribution in [3.8, 4) is 0 Å². The topological polar surface area (TPSA) is 68.5 Å². The molecule has 1 aliphatic carbocycles. The summed E-state index contributed by atoms with van der Waals surface area (Å²) in [5.41, 5.74) is 1.59. The van der Waals surface area contributed by atoms with Gasteiger partial charge in [-0.25, -0.2) is 14.6 Å². The van der Waals surface area contributed by atoms with Gasteiger partial charge in [0.1, 0.15) is 6.33 Å². The summed E-state index contributed by atoms with van der Waals surface area (Å²) in [5.74, 6) is 1.30. The molecule has 0 spiro atoms. The molecule has 1 fully saturated rings. The zero-order valence-electron chi connectivity index (χ0n) is 11.0. The summed E-state index contributed by atoms with van der Waals surface area (Å²) >= 11 is 0. The first-order valence-corrected chi connectivity index (χ1v) is 6.49. The van der Waals surface area contributed by atoms with Crippen molar-refractivity contribution in [2.45, 2.75) is 45.7 Å². The minimum Gasteiger partial charge on any atom is -0.365 e. The molecule has 18 heavy (non-hydrogen) atoms. The summed E-state index contributed by atoms with van der Waals surface area (Å²) < 4.78 is 1.89. The van der Waals surface area contributed by atoms with Gasteiger partial charge >= 0.3 is 0 Å². The summed E-state index contributed by atoms with van der Waals surface area (Å²) in [4.78, 5) is 8.59. The highest BCUT2D eigenvalue weighted by Crippen LogP contribution is 2.27. The SMILES string of the molecule is CC(C)C(C)n1nnc2c(NC3CC3)ncnc21. The maximum Gasteiger partial charge on any atom is 0.184 e. The molecule has 6 nitrogen and oxygen atoms in total. The average molecular weight is 246 g/mol. The summed E-state index contributed by atoms with van der Waals surface area (Å²) in [6.45, 7) is 6.47. The minimum atomic E-state index is 0.277. The zero-order valence-corrected chi connectivity index (χ0v) is 11.0. The van der Waals surface area contributed by atoms with E-state index in [2.05, 4.69) is 46.4 Å². The summed E-state index contributed by atoms with van der Waals surface area (Å²) in [6.07, 6.45) is 4.00. The molecular formula is C12H18N6. The summed E-state index contributed by atoms with van der Waals surface area (Å²) in [6, 6.07) is 0.828. The lowest BCUT2D eigenvalue weighted by atomic mass is 10.1. The molecule has 0 aliphatic heterocycles. The van der Waals surface area contributed by atoms with E-state index in [4.69, 9.17) is 0 Å². The smallest absolute Gasteiger partial charge is 0.184 e. The van der Waals surface area contributed by atoms with Crippen LogP contribution in [0.5, 0.6) is 0 Å². The average Bonchev–Trinajstić information content (AvgIpc) is 3.06. The van der Waals surface area contributed by atoms with Gasteiger partial charge < -0.3 is 5.32 Å². The standard InChI is InChI=1S/C12H18N6/c1-7(2)8(3)18-12-10(16-17-18)11(13-6-14-12)15-9-4-5-9/h6-9H,4-5H2,1-3H3,(H,13,14,15). The first-order valence-electron chi connectivity index (χ1n) is 6.49. The van der Waals surface area contributed by atoms with Crippen LogP contribution in [0.2, 0.25) is 0 Å². The molecule has 0 bridgehead atoms. The Morgan fingerprint density at radius 3 is 2.72 bits per heavy atom. The van der Waals surface area contributed by atoms with Gasteiger partial charge in [0.2, 0.25) is 0 Å². The van der Waals surface area contributed by atoms with Gasteiger partial charge in [-0.15, -0.1) is 5.10 Å². The largest absolute Gasteiger partial charge is 0.365 e. The minimum absolute atomic E-state index is 0.277. The number of nitrogens with one attached hydrogen (secondary N) is 1. The van der Waals surface area contributed by atoms with E-state index in [0.717, 1.165) is 17.0 Å². The first kappa shape index (κ1) is 11.4. The molecule has 1 atom stereocenters. The predicted molar refractivity (Wildman–Crippen MR) is 69.3 cm³/mol. The van der Waals surface area contributed by atoms with E-state index in [-0.39, 0.29) is 6.04 Å². The number of aromatic nitrogens is 5. The quantitative estimate of drug-likeness (QED) is 0.893. The summed E-state index contributed by atoms with van der Waals surface area (Å²) in [7, 11) is 0. The number of hydrogen-bond donors (Lipinski definition) is 1. The van der Waals surface area contributed by atoms with E-state index < -0.39 is 0 Å². The van der Waals surface area contributed by atoms with E-state index in [9.17, 15) is 0 Å². The Bertz CT molecular complexity index is 557. The molecule has 1 unspecified atom stereocenters. The van der Waals surface area contributed by atoms with Crippen LogP contribution >= 0.6 is 0 Å². The highest BCUT2D eigenvalue weighted by Gasteiger charge is 2.24. The predicted octanol–water partition coefficient (Wildman–Crippen LogP) is 2.01. The number of nitrogens with zero attached hydrogens (tertiary/aromatic N) is 5. The highest BCUT2D eigenvalue weighted by molar-refractivity contribution is 5.82. The molecule has 2 aromatic rings. The Kier molecular flexibility index (Phi) is 2.65. The first-order chi connectivity index (χ1) is 8.66. The van der Waals surface area contributed by atoms with Gasteiger partial charge in [0.15, 0.2) is 17.0 Å². The number of hydrogen-bond acceptors (Lipinski definition) is 5. The van der Waals surface area contributed by atoms with E-state index in [1.165, 1.54) is 12.8 Å². The number of anilines is 1. The number of fused-ring (bicyclic) bond motifs is 1. The maximum atomic E-state index is 4.32. The molecule has 1 saturated carbocycles. The molecule has 1 aliphatic rings. The van der Waals surface area contributed by atoms with Crippen molar-refractivity contribution in [3.63, 3.8) is 0 Å². The lowest BCUT2D eigenvalue weighted by molar-refractivity contribution is 0.375. The van der Waals surface area contributed by atoms with E-state index in [1.54, 1.807) is 6.33 Å². The Morgan fingerprint density at radius 1 is 1.28 bits per heavy atom. The van der Waals surface area contributed by atoms with Crippen LogP contribution in [0.15, 0.2) is 6.33 Å². The lowest BCUT2D eigenvalue weighted by Crippen LogP contribution is -2.13. The van der Waals surface area contributed by atoms with Crippen molar-refractivity contribution in [1.82, 2.24) is 25.0 Å². The zero-order chi connectivity index (χ0) is 12.7. The van der Waals surface area contributed by atoms with Gasteiger partial charge in [-0.1, -0.05) is 19.1 Å². The molecule has 96 valence electrons. The van der Waals surface area contributed by atoms with Crippen LogP contribution in [0.1, 0.15) is 39.7 Å². The van der Waals surface area contributed by atoms with Gasteiger partial charge in [0.25, 0.3) is 0 Å². The molecule has 1 N–H and O–H groups in total. The van der Waals surface area contributed by atoms with Crippen molar-refractivity contribution in [3.05, 3.63) is 6.33 Å². The number of rotatable bonds is 4. The normalized spacial score (nSPS) is 17.3. The van der Waals surface area contributed by atoms with Gasteiger partial charge in [0, 0.05) is 6.04 Å². The second kappa shape index (κ2) is 4.19. The van der Waals surface area contributed by atoms with Crippen LogP contribution in [-0.4, -0.2) is 31.0 Å². The molecule has 2 heterocycles. The van der Waals surface area contributed by atoms with Gasteiger partial charge in [-0.2, -0.15) is 0 Å². The lowest BCUT2D eigenvalue weighted by Gasteiger charge is -2.15. The molecule has 6 heteroatoms. The molecule has 0 amide bonds. The second-order valence-corrected chi connectivity index (χ2v) is 5.33. The molecule has 3 rings (SSSR count). The molecule has 2 aromatic heterocycles. The Morgan fingerprint density at radius 2 is 2.06 bits per heavy atom. The van der Waals surface area contributed by atoms with Crippen molar-refractivity contribution < 1.29 is 0 Å². The van der Waals surface area contributed by atoms with Gasteiger partial charge in [-0.3, -0.25) is 0 Å². The van der Waals surface area contributed by atoms with Crippen molar-refractivity contribution in [2.75, 3.05) is 5.32 Å². The molecule has 0 saturated heterocycles. The van der Waals surface area contributed by atoms with Gasteiger partial charge in [0.05, 0.1) is 6.04 Å². The van der Waals surface area contributed by atoms with Crippen LogP contribution in [-0.2, 0) is 0 Å². The van der Waals surface area contributed by atoms with E-state index >= 15 is 0 Å². The Balaban J connectivity index is 2.02. The Hall–Kier alpha value is -1.72. The van der Waals surface area contributed by atoms with Crippen LogP contribution < -0.4 is 5.32 Å². The third-order valence-electron chi connectivity index (χ3n) is 3.53. The highest BCUT2D eigenvalue weighted by atomic mass is 15.5. The van der Waals surface area contributed by atoms with Crippen LogP contribution in [0.25, 0.3) is 11.2 Å². The fourth-order valence-electron chi connectivity index (χ4n) is 1.85. The maximum absolute atomic E-state index is 4.32. The van der Waals surface area contributed by atoms with Crippen molar-refractivity contribution in [2.24, 2.45) is 5.92 Å². The second-order valence-electron chi connectivity index (χ2n) is 5.33. The van der Waals surface area contributed by atoms with Crippen LogP contribution in [0, 0.1) is 5.92 Å². The third-order valence-corrected chi connectivity index (χ3v) is 3.53. The molecule has 0 radical (unpaired) electrons. The van der Waals surface area contributed by atoms with Crippen molar-refractivity contribution >= 4 is 17.0 Å².